The van der Waals surface area contributed by atoms with Crippen molar-refractivity contribution >= 4 is 10.0 Å². The van der Waals surface area contributed by atoms with Crippen LogP contribution in [-0.4, -0.2) is 48.7 Å². The average molecular weight is 312 g/mol. The first kappa shape index (κ1) is 15.0. The summed E-state index contributed by atoms with van der Waals surface area (Å²) in [7, 11) is -1.46. The predicted octanol–water partition coefficient (Wildman–Crippen LogP) is 1.06. The predicted molar refractivity (Wildman–Crippen MR) is 80.4 cm³/mol. The maximum atomic E-state index is 12.8. The Labute approximate surface area is 126 Å². The number of rotatable bonds is 9. The molecule has 0 bridgehead atoms. The van der Waals surface area contributed by atoms with Crippen molar-refractivity contribution in [1.82, 2.24) is 19.4 Å². The molecule has 0 radical (unpaired) electrons. The van der Waals surface area contributed by atoms with E-state index in [0.717, 1.165) is 32.4 Å². The lowest BCUT2D eigenvalue weighted by atomic mass is 10.4. The van der Waals surface area contributed by atoms with Crippen LogP contribution in [0.3, 0.4) is 0 Å². The van der Waals surface area contributed by atoms with E-state index in [-0.39, 0.29) is 6.04 Å². The molecule has 2 aliphatic rings. The van der Waals surface area contributed by atoms with E-state index in [1.807, 2.05) is 7.05 Å². The van der Waals surface area contributed by atoms with Gasteiger partial charge in [-0.05, 0) is 51.6 Å². The zero-order chi connectivity index (χ0) is 14.9. The summed E-state index contributed by atoms with van der Waals surface area (Å²) in [6.45, 7) is 2.33. The zero-order valence-electron chi connectivity index (χ0n) is 12.5. The van der Waals surface area contributed by atoms with Crippen molar-refractivity contribution in [3.05, 3.63) is 12.4 Å². The third kappa shape index (κ3) is 3.64. The highest BCUT2D eigenvalue weighted by molar-refractivity contribution is 7.89. The van der Waals surface area contributed by atoms with Gasteiger partial charge in [0.15, 0.2) is 0 Å². The number of aryl methyl sites for hydroxylation is 1. The van der Waals surface area contributed by atoms with Crippen molar-refractivity contribution < 1.29 is 8.42 Å². The van der Waals surface area contributed by atoms with Gasteiger partial charge in [-0.2, -0.15) is 9.40 Å². The fourth-order valence-electron chi connectivity index (χ4n) is 2.51. The van der Waals surface area contributed by atoms with Gasteiger partial charge in [-0.3, -0.25) is 4.68 Å². The van der Waals surface area contributed by atoms with Gasteiger partial charge in [0.05, 0.1) is 6.20 Å². The second-order valence-electron chi connectivity index (χ2n) is 6.15. The van der Waals surface area contributed by atoms with Crippen molar-refractivity contribution in [3.63, 3.8) is 0 Å². The molecule has 7 heteroatoms. The highest BCUT2D eigenvalue weighted by atomic mass is 32.2. The second-order valence-corrected chi connectivity index (χ2v) is 8.04. The summed E-state index contributed by atoms with van der Waals surface area (Å²) in [4.78, 5) is 0.347. The largest absolute Gasteiger partial charge is 0.320 e. The summed E-state index contributed by atoms with van der Waals surface area (Å²) in [6.07, 6.45) is 8.45. The SMILES string of the molecule is CNCCCn1cc(S(=O)(=O)N(CC2CC2)C2CC2)cn1. The molecular formula is C14H24N4O2S. The van der Waals surface area contributed by atoms with E-state index < -0.39 is 10.0 Å². The van der Waals surface area contributed by atoms with E-state index in [9.17, 15) is 8.42 Å². The first-order valence-electron chi connectivity index (χ1n) is 7.80. The van der Waals surface area contributed by atoms with Crippen molar-refractivity contribution in [2.24, 2.45) is 5.92 Å². The molecule has 1 heterocycles. The van der Waals surface area contributed by atoms with Crippen LogP contribution in [0.5, 0.6) is 0 Å². The van der Waals surface area contributed by atoms with E-state index in [1.54, 1.807) is 15.2 Å². The highest BCUT2D eigenvalue weighted by Crippen LogP contribution is 2.37. The van der Waals surface area contributed by atoms with Gasteiger partial charge in [-0.1, -0.05) is 0 Å². The van der Waals surface area contributed by atoms with E-state index in [0.29, 0.717) is 17.4 Å². The molecule has 1 aromatic heterocycles. The smallest absolute Gasteiger partial charge is 0.246 e. The van der Waals surface area contributed by atoms with Crippen LogP contribution >= 0.6 is 0 Å². The molecule has 0 unspecified atom stereocenters. The van der Waals surface area contributed by atoms with Crippen LogP contribution in [0, 0.1) is 5.92 Å². The Morgan fingerprint density at radius 3 is 2.76 bits per heavy atom. The molecule has 6 nitrogen and oxygen atoms in total. The molecule has 1 N–H and O–H groups in total. The molecule has 2 aliphatic carbocycles. The van der Waals surface area contributed by atoms with Gasteiger partial charge >= 0.3 is 0 Å². The average Bonchev–Trinajstić information content (AvgIpc) is 3.36. The van der Waals surface area contributed by atoms with Crippen molar-refractivity contribution in [2.45, 2.75) is 49.6 Å². The van der Waals surface area contributed by atoms with Gasteiger partial charge in [0.25, 0.3) is 0 Å². The van der Waals surface area contributed by atoms with Gasteiger partial charge in [0, 0.05) is 25.3 Å². The van der Waals surface area contributed by atoms with E-state index >= 15 is 0 Å². The van der Waals surface area contributed by atoms with E-state index in [4.69, 9.17) is 0 Å². The molecule has 0 aliphatic heterocycles. The molecule has 0 aromatic carbocycles. The minimum Gasteiger partial charge on any atom is -0.320 e. The first-order chi connectivity index (χ1) is 10.1. The molecule has 118 valence electrons. The Balaban J connectivity index is 1.70. The third-order valence-corrected chi connectivity index (χ3v) is 5.99. The van der Waals surface area contributed by atoms with Crippen molar-refractivity contribution in [1.29, 1.82) is 0 Å². The monoisotopic (exact) mass is 312 g/mol. The number of nitrogens with one attached hydrogen (secondary N) is 1. The van der Waals surface area contributed by atoms with Crippen LogP contribution in [0.4, 0.5) is 0 Å². The summed E-state index contributed by atoms with van der Waals surface area (Å²) in [5.74, 6) is 0.575. The summed E-state index contributed by atoms with van der Waals surface area (Å²) in [6, 6.07) is 0.225. The summed E-state index contributed by atoms with van der Waals surface area (Å²) < 4.78 is 29.0. The Kier molecular flexibility index (Phi) is 4.33. The molecular weight excluding hydrogens is 288 g/mol. The van der Waals surface area contributed by atoms with Crippen LogP contribution in [0.1, 0.15) is 32.1 Å². The third-order valence-electron chi connectivity index (χ3n) is 4.12. The Hall–Kier alpha value is -0.920. The lowest BCUT2D eigenvalue weighted by Crippen LogP contribution is -2.34. The topological polar surface area (TPSA) is 67.2 Å². The number of aromatic nitrogens is 2. The van der Waals surface area contributed by atoms with Gasteiger partial charge in [0.2, 0.25) is 10.0 Å². The molecule has 21 heavy (non-hydrogen) atoms. The van der Waals surface area contributed by atoms with E-state index in [2.05, 4.69) is 10.4 Å². The molecule has 2 saturated carbocycles. The standard InChI is InChI=1S/C14H24N4O2S/c1-15-7-2-8-17-11-14(9-16-17)21(19,20)18(13-5-6-13)10-12-3-4-12/h9,11-13,15H,2-8,10H2,1H3. The minimum atomic E-state index is -3.37. The lowest BCUT2D eigenvalue weighted by molar-refractivity contribution is 0.388. The van der Waals surface area contributed by atoms with Crippen LogP contribution < -0.4 is 5.32 Å². The van der Waals surface area contributed by atoms with Crippen molar-refractivity contribution in [3.8, 4) is 0 Å². The van der Waals surface area contributed by atoms with Crippen LogP contribution in [0.15, 0.2) is 17.3 Å². The maximum absolute atomic E-state index is 12.8. The minimum absolute atomic E-state index is 0.225. The lowest BCUT2D eigenvalue weighted by Gasteiger charge is -2.20. The molecule has 0 atom stereocenters. The number of sulfonamides is 1. The molecule has 1 aromatic rings. The summed E-state index contributed by atoms with van der Waals surface area (Å²) in [5, 5.41) is 7.27. The van der Waals surface area contributed by atoms with Gasteiger partial charge in [-0.15, -0.1) is 0 Å². The van der Waals surface area contributed by atoms with Crippen LogP contribution in [0.25, 0.3) is 0 Å². The fourth-order valence-corrected chi connectivity index (χ4v) is 4.23. The molecule has 0 spiro atoms. The number of hydrogen-bond donors (Lipinski definition) is 1. The summed E-state index contributed by atoms with van der Waals surface area (Å²) >= 11 is 0. The highest BCUT2D eigenvalue weighted by Gasteiger charge is 2.41. The van der Waals surface area contributed by atoms with Crippen LogP contribution in [-0.2, 0) is 16.6 Å². The number of nitrogens with zero attached hydrogens (tertiary/aromatic N) is 3. The number of hydrogen-bond acceptors (Lipinski definition) is 4. The first-order valence-corrected chi connectivity index (χ1v) is 9.24. The molecule has 2 fully saturated rings. The fraction of sp³-hybridized carbons (Fsp3) is 0.786. The van der Waals surface area contributed by atoms with Gasteiger partial charge in [-0.25, -0.2) is 8.42 Å². The molecule has 3 rings (SSSR count). The van der Waals surface area contributed by atoms with Crippen molar-refractivity contribution in [2.75, 3.05) is 20.1 Å². The normalized spacial score (nSPS) is 19.3. The molecule has 0 saturated heterocycles. The quantitative estimate of drug-likeness (QED) is 0.692. The van der Waals surface area contributed by atoms with Crippen LogP contribution in [0.2, 0.25) is 0 Å². The van der Waals surface area contributed by atoms with Gasteiger partial charge in [0.1, 0.15) is 4.90 Å². The summed E-state index contributed by atoms with van der Waals surface area (Å²) in [5.41, 5.74) is 0. The molecule has 0 amide bonds. The Morgan fingerprint density at radius 2 is 2.14 bits per heavy atom. The van der Waals surface area contributed by atoms with Gasteiger partial charge < -0.3 is 5.32 Å². The van der Waals surface area contributed by atoms with E-state index in [1.165, 1.54) is 19.0 Å². The second kappa shape index (κ2) is 6.06. The Bertz CT molecular complexity index is 576. The zero-order valence-corrected chi connectivity index (χ0v) is 13.3. The Morgan fingerprint density at radius 1 is 1.38 bits per heavy atom. The maximum Gasteiger partial charge on any atom is 0.246 e.